The van der Waals surface area contributed by atoms with E-state index in [0.29, 0.717) is 30.9 Å². The second-order valence-electron chi connectivity index (χ2n) is 7.31. The first-order chi connectivity index (χ1) is 15.3. The second kappa shape index (κ2) is 8.74. The van der Waals surface area contributed by atoms with Gasteiger partial charge in [0.15, 0.2) is 5.69 Å². The summed E-state index contributed by atoms with van der Waals surface area (Å²) in [5, 5.41) is 9.11. The Hall–Kier alpha value is -3.82. The molecule has 0 unspecified atom stereocenters. The highest BCUT2D eigenvalue weighted by molar-refractivity contribution is 5.94. The Bertz CT molecular complexity index is 1110. The number of anilines is 1. The Labute approximate surface area is 181 Å². The molecule has 2 heterocycles. The third kappa shape index (κ3) is 4.90. The summed E-state index contributed by atoms with van der Waals surface area (Å²) in [5.41, 5.74) is 1.66. The van der Waals surface area contributed by atoms with Crippen molar-refractivity contribution in [3.63, 3.8) is 0 Å². The second-order valence-corrected chi connectivity index (χ2v) is 7.31. The third-order valence-corrected chi connectivity index (χ3v) is 5.07. The van der Waals surface area contributed by atoms with Gasteiger partial charge in [0.2, 0.25) is 5.91 Å². The SMILES string of the molecule is O=C1CN(c2ccc(CNC(=O)c3ccc(-n4ccc(C(F)(F)F)n4)cc3)cc2)CCN1. The van der Waals surface area contributed by atoms with Crippen LogP contribution in [0.4, 0.5) is 18.9 Å². The summed E-state index contributed by atoms with van der Waals surface area (Å²) < 4.78 is 39.2. The zero-order valence-corrected chi connectivity index (χ0v) is 16.9. The Morgan fingerprint density at radius 2 is 1.72 bits per heavy atom. The van der Waals surface area contributed by atoms with Gasteiger partial charge in [-0.15, -0.1) is 0 Å². The Morgan fingerprint density at radius 1 is 1.03 bits per heavy atom. The summed E-state index contributed by atoms with van der Waals surface area (Å²) in [6.45, 7) is 1.99. The molecule has 32 heavy (non-hydrogen) atoms. The highest BCUT2D eigenvalue weighted by Gasteiger charge is 2.33. The molecule has 0 saturated carbocycles. The van der Waals surface area contributed by atoms with Gasteiger partial charge in [-0.2, -0.15) is 18.3 Å². The lowest BCUT2D eigenvalue weighted by Gasteiger charge is -2.28. The quantitative estimate of drug-likeness (QED) is 0.636. The minimum absolute atomic E-state index is 0.00745. The molecule has 1 aliphatic heterocycles. The first-order valence-electron chi connectivity index (χ1n) is 9.92. The number of hydrogen-bond donors (Lipinski definition) is 2. The molecule has 1 aliphatic rings. The summed E-state index contributed by atoms with van der Waals surface area (Å²) in [6, 6.07) is 14.6. The molecule has 3 aromatic rings. The first kappa shape index (κ1) is 21.4. The van der Waals surface area contributed by atoms with E-state index in [4.69, 9.17) is 0 Å². The van der Waals surface area contributed by atoms with Crippen LogP contribution in [0.15, 0.2) is 60.8 Å². The average molecular weight is 443 g/mol. The van der Waals surface area contributed by atoms with E-state index in [1.165, 1.54) is 30.5 Å². The predicted molar refractivity (Wildman–Crippen MR) is 111 cm³/mol. The number of nitrogens with one attached hydrogen (secondary N) is 2. The van der Waals surface area contributed by atoms with Gasteiger partial charge in [0.1, 0.15) is 0 Å². The number of rotatable bonds is 5. The molecule has 0 aliphatic carbocycles. The van der Waals surface area contributed by atoms with Crippen LogP contribution >= 0.6 is 0 Å². The van der Waals surface area contributed by atoms with E-state index in [1.807, 2.05) is 29.2 Å². The number of benzene rings is 2. The molecule has 2 amide bonds. The molecule has 2 N–H and O–H groups in total. The number of nitrogens with zero attached hydrogens (tertiary/aromatic N) is 3. The highest BCUT2D eigenvalue weighted by atomic mass is 19.4. The zero-order valence-electron chi connectivity index (χ0n) is 16.9. The lowest BCUT2D eigenvalue weighted by Crippen LogP contribution is -2.47. The van der Waals surface area contributed by atoms with Crippen molar-refractivity contribution < 1.29 is 22.8 Å². The van der Waals surface area contributed by atoms with E-state index in [2.05, 4.69) is 15.7 Å². The van der Waals surface area contributed by atoms with Gasteiger partial charge in [0.25, 0.3) is 5.91 Å². The molecule has 0 radical (unpaired) electrons. The molecule has 10 heteroatoms. The molecular formula is C22H20F3N5O2. The van der Waals surface area contributed by atoms with Crippen LogP contribution in [0.3, 0.4) is 0 Å². The lowest BCUT2D eigenvalue weighted by atomic mass is 10.1. The van der Waals surface area contributed by atoms with Crippen molar-refractivity contribution in [2.75, 3.05) is 24.5 Å². The van der Waals surface area contributed by atoms with Crippen LogP contribution in [-0.2, 0) is 17.5 Å². The fourth-order valence-corrected chi connectivity index (χ4v) is 3.35. The Morgan fingerprint density at radius 3 is 2.34 bits per heavy atom. The van der Waals surface area contributed by atoms with E-state index in [0.717, 1.165) is 28.5 Å². The molecule has 1 aromatic heterocycles. The summed E-state index contributed by atoms with van der Waals surface area (Å²) in [6.07, 6.45) is -3.29. The van der Waals surface area contributed by atoms with E-state index in [1.54, 1.807) is 0 Å². The van der Waals surface area contributed by atoms with Crippen LogP contribution in [0, 0.1) is 0 Å². The van der Waals surface area contributed by atoms with Gasteiger partial charge < -0.3 is 15.5 Å². The van der Waals surface area contributed by atoms with Crippen molar-refractivity contribution in [1.29, 1.82) is 0 Å². The van der Waals surface area contributed by atoms with Crippen LogP contribution in [0.25, 0.3) is 5.69 Å². The number of carbonyl (C=O) groups excluding carboxylic acids is 2. The van der Waals surface area contributed by atoms with Gasteiger partial charge in [-0.05, 0) is 48.0 Å². The van der Waals surface area contributed by atoms with Crippen molar-refractivity contribution >= 4 is 17.5 Å². The lowest BCUT2D eigenvalue weighted by molar-refractivity contribution is -0.141. The van der Waals surface area contributed by atoms with Gasteiger partial charge in [0, 0.05) is 37.1 Å². The van der Waals surface area contributed by atoms with Crippen molar-refractivity contribution in [3.05, 3.63) is 77.6 Å². The fourth-order valence-electron chi connectivity index (χ4n) is 3.35. The molecule has 4 rings (SSSR count). The summed E-state index contributed by atoms with van der Waals surface area (Å²) >= 11 is 0. The minimum Gasteiger partial charge on any atom is -0.360 e. The maximum atomic E-state index is 12.7. The zero-order chi connectivity index (χ0) is 22.7. The maximum Gasteiger partial charge on any atom is 0.435 e. The normalized spacial score (nSPS) is 14.2. The molecule has 1 fully saturated rings. The predicted octanol–water partition coefficient (Wildman–Crippen LogP) is 2.76. The molecule has 1 saturated heterocycles. The smallest absolute Gasteiger partial charge is 0.360 e. The molecule has 2 aromatic carbocycles. The maximum absolute atomic E-state index is 12.7. The van der Waals surface area contributed by atoms with E-state index in [9.17, 15) is 22.8 Å². The van der Waals surface area contributed by atoms with Crippen LogP contribution < -0.4 is 15.5 Å². The van der Waals surface area contributed by atoms with Gasteiger partial charge >= 0.3 is 6.18 Å². The molecule has 0 bridgehead atoms. The van der Waals surface area contributed by atoms with E-state index < -0.39 is 11.9 Å². The number of hydrogen-bond acceptors (Lipinski definition) is 4. The molecule has 0 atom stereocenters. The molecule has 0 spiro atoms. The van der Waals surface area contributed by atoms with E-state index >= 15 is 0 Å². The summed E-state index contributed by atoms with van der Waals surface area (Å²) in [4.78, 5) is 25.9. The third-order valence-electron chi connectivity index (χ3n) is 5.07. The Balaban J connectivity index is 1.34. The molecule has 166 valence electrons. The summed E-state index contributed by atoms with van der Waals surface area (Å²) in [7, 11) is 0. The molecule has 7 nitrogen and oxygen atoms in total. The monoisotopic (exact) mass is 443 g/mol. The summed E-state index contributed by atoms with van der Waals surface area (Å²) in [5.74, 6) is -0.309. The van der Waals surface area contributed by atoms with Crippen molar-refractivity contribution in [1.82, 2.24) is 20.4 Å². The average Bonchev–Trinajstić information content (AvgIpc) is 3.29. The number of piperazine rings is 1. The largest absolute Gasteiger partial charge is 0.435 e. The van der Waals surface area contributed by atoms with Crippen molar-refractivity contribution in [2.24, 2.45) is 0 Å². The van der Waals surface area contributed by atoms with Crippen LogP contribution in [-0.4, -0.2) is 41.2 Å². The Kier molecular flexibility index (Phi) is 5.85. The van der Waals surface area contributed by atoms with Gasteiger partial charge in [-0.25, -0.2) is 4.68 Å². The van der Waals surface area contributed by atoms with Gasteiger partial charge in [-0.1, -0.05) is 12.1 Å². The van der Waals surface area contributed by atoms with Gasteiger partial charge in [-0.3, -0.25) is 9.59 Å². The standard InChI is InChI=1S/C22H20F3N5O2/c23-22(24,25)19-9-11-30(28-19)18-7-3-16(4-8-18)21(32)27-13-15-1-5-17(6-2-15)29-12-10-26-20(31)14-29/h1-9,11H,10,12-14H2,(H,26,31)(H,27,32). The van der Waals surface area contributed by atoms with Crippen molar-refractivity contribution in [3.8, 4) is 5.69 Å². The van der Waals surface area contributed by atoms with Gasteiger partial charge in [0.05, 0.1) is 12.2 Å². The minimum atomic E-state index is -4.51. The number of carbonyl (C=O) groups is 2. The van der Waals surface area contributed by atoms with Crippen LogP contribution in [0.5, 0.6) is 0 Å². The topological polar surface area (TPSA) is 79.3 Å². The number of amides is 2. The first-order valence-corrected chi connectivity index (χ1v) is 9.92. The molecular weight excluding hydrogens is 423 g/mol. The van der Waals surface area contributed by atoms with Crippen molar-refractivity contribution in [2.45, 2.75) is 12.7 Å². The van der Waals surface area contributed by atoms with Crippen LogP contribution in [0.1, 0.15) is 21.6 Å². The fraction of sp³-hybridized carbons (Fsp3) is 0.227. The van der Waals surface area contributed by atoms with Crippen LogP contribution in [0.2, 0.25) is 0 Å². The number of alkyl halides is 3. The van der Waals surface area contributed by atoms with E-state index in [-0.39, 0.29) is 11.8 Å². The number of halogens is 3. The highest BCUT2D eigenvalue weighted by Crippen LogP contribution is 2.27. The number of aromatic nitrogens is 2.